The zero-order chi connectivity index (χ0) is 14.2. The molecule has 0 radical (unpaired) electrons. The number of hydrogen-bond donors (Lipinski definition) is 2. The van der Waals surface area contributed by atoms with Crippen molar-refractivity contribution in [2.75, 3.05) is 5.32 Å². The topological polar surface area (TPSA) is 58.5 Å². The van der Waals surface area contributed by atoms with Crippen molar-refractivity contribution in [1.82, 2.24) is 19.5 Å². The van der Waals surface area contributed by atoms with Crippen LogP contribution in [0.2, 0.25) is 0 Å². The maximum Gasteiger partial charge on any atom is 0.210 e. The second kappa shape index (κ2) is 4.63. The van der Waals surface area contributed by atoms with E-state index in [4.69, 9.17) is 0 Å². The Kier molecular flexibility index (Phi) is 2.64. The van der Waals surface area contributed by atoms with Crippen LogP contribution >= 0.6 is 0 Å². The first-order valence-electron chi connectivity index (χ1n) is 7.02. The highest BCUT2D eigenvalue weighted by Crippen LogP contribution is 2.22. The molecule has 0 aliphatic rings. The van der Waals surface area contributed by atoms with Gasteiger partial charge in [-0.15, -0.1) is 0 Å². The average Bonchev–Trinajstić information content (AvgIpc) is 3.06. The molecule has 2 N–H and O–H groups in total. The van der Waals surface area contributed by atoms with Gasteiger partial charge in [0.05, 0.1) is 22.1 Å². The average molecular weight is 277 g/mol. The quantitative estimate of drug-likeness (QED) is 0.600. The van der Waals surface area contributed by atoms with E-state index >= 15 is 0 Å². The lowest BCUT2D eigenvalue weighted by atomic mass is 10.3. The third-order valence-corrected chi connectivity index (χ3v) is 3.59. The second-order valence-electron chi connectivity index (χ2n) is 4.90. The molecule has 104 valence electrons. The van der Waals surface area contributed by atoms with Gasteiger partial charge in [-0.1, -0.05) is 24.3 Å². The van der Waals surface area contributed by atoms with Crippen molar-refractivity contribution in [2.24, 2.45) is 0 Å². The summed E-state index contributed by atoms with van der Waals surface area (Å²) >= 11 is 0. The molecule has 2 aromatic heterocycles. The van der Waals surface area contributed by atoms with E-state index in [0.29, 0.717) is 5.95 Å². The minimum absolute atomic E-state index is 0.709. The van der Waals surface area contributed by atoms with Crippen molar-refractivity contribution in [3.8, 4) is 0 Å². The molecule has 0 amide bonds. The van der Waals surface area contributed by atoms with Crippen molar-refractivity contribution in [1.29, 1.82) is 0 Å². The number of nitrogens with zero attached hydrogens (tertiary/aromatic N) is 3. The van der Waals surface area contributed by atoms with E-state index in [1.54, 1.807) is 0 Å². The number of hydrogen-bond acceptors (Lipinski definition) is 3. The van der Waals surface area contributed by atoms with Gasteiger partial charge in [-0.3, -0.25) is 5.32 Å². The molecular formula is C16H15N5. The summed E-state index contributed by atoms with van der Waals surface area (Å²) in [5, 5.41) is 3.29. The van der Waals surface area contributed by atoms with Crippen molar-refractivity contribution in [3.05, 3.63) is 48.5 Å². The Hall–Kier alpha value is -2.82. The van der Waals surface area contributed by atoms with Crippen LogP contribution < -0.4 is 5.32 Å². The Morgan fingerprint density at radius 3 is 2.57 bits per heavy atom. The fourth-order valence-corrected chi connectivity index (χ4v) is 2.61. The first-order valence-corrected chi connectivity index (χ1v) is 7.02. The Morgan fingerprint density at radius 1 is 1.00 bits per heavy atom. The number of rotatable bonds is 3. The summed E-state index contributed by atoms with van der Waals surface area (Å²) in [7, 11) is 0. The number of imidazole rings is 2. The SMILES string of the molecule is CCn1c(Nc2nc3ccccc3[nH]2)nc2ccccc21. The highest BCUT2D eigenvalue weighted by molar-refractivity contribution is 5.81. The molecule has 4 rings (SSSR count). The maximum atomic E-state index is 4.64. The number of nitrogens with one attached hydrogen (secondary N) is 2. The van der Waals surface area contributed by atoms with Gasteiger partial charge >= 0.3 is 0 Å². The molecule has 0 unspecified atom stereocenters. The van der Waals surface area contributed by atoms with Gasteiger partial charge in [0.15, 0.2) is 0 Å². The number of H-pyrrole nitrogens is 1. The number of fused-ring (bicyclic) bond motifs is 2. The van der Waals surface area contributed by atoms with Crippen LogP contribution in [0.5, 0.6) is 0 Å². The van der Waals surface area contributed by atoms with E-state index in [-0.39, 0.29) is 0 Å². The number of anilines is 2. The van der Waals surface area contributed by atoms with Crippen molar-refractivity contribution in [2.45, 2.75) is 13.5 Å². The smallest absolute Gasteiger partial charge is 0.210 e. The molecule has 0 saturated heterocycles. The fourth-order valence-electron chi connectivity index (χ4n) is 2.61. The lowest BCUT2D eigenvalue weighted by molar-refractivity contribution is 0.796. The van der Waals surface area contributed by atoms with Crippen LogP contribution in [-0.2, 0) is 6.54 Å². The summed E-state index contributed by atoms with van der Waals surface area (Å²) in [6, 6.07) is 16.1. The van der Waals surface area contributed by atoms with Crippen molar-refractivity contribution < 1.29 is 0 Å². The van der Waals surface area contributed by atoms with Gasteiger partial charge in [0.2, 0.25) is 11.9 Å². The van der Waals surface area contributed by atoms with Crippen LogP contribution in [0, 0.1) is 0 Å². The van der Waals surface area contributed by atoms with E-state index < -0.39 is 0 Å². The lowest BCUT2D eigenvalue weighted by Crippen LogP contribution is -2.02. The molecule has 21 heavy (non-hydrogen) atoms. The van der Waals surface area contributed by atoms with Crippen LogP contribution in [0.25, 0.3) is 22.1 Å². The van der Waals surface area contributed by atoms with E-state index in [1.165, 1.54) is 0 Å². The molecule has 0 saturated carbocycles. The van der Waals surface area contributed by atoms with Crippen LogP contribution in [0.15, 0.2) is 48.5 Å². The lowest BCUT2D eigenvalue weighted by Gasteiger charge is -2.05. The number of para-hydroxylation sites is 4. The minimum Gasteiger partial charge on any atom is -0.324 e. The predicted molar refractivity (Wildman–Crippen MR) is 84.8 cm³/mol. The van der Waals surface area contributed by atoms with E-state index in [9.17, 15) is 0 Å². The molecule has 2 aromatic carbocycles. The largest absolute Gasteiger partial charge is 0.324 e. The first kappa shape index (κ1) is 12.0. The third-order valence-electron chi connectivity index (χ3n) is 3.59. The molecule has 5 heteroatoms. The normalized spacial score (nSPS) is 11.3. The summed E-state index contributed by atoms with van der Waals surface area (Å²) in [4.78, 5) is 12.4. The molecule has 0 atom stereocenters. The molecule has 0 aliphatic heterocycles. The van der Waals surface area contributed by atoms with Gasteiger partial charge in [-0.2, -0.15) is 0 Å². The first-order chi connectivity index (χ1) is 10.3. The fraction of sp³-hybridized carbons (Fsp3) is 0.125. The van der Waals surface area contributed by atoms with Crippen molar-refractivity contribution >= 4 is 34.0 Å². The van der Waals surface area contributed by atoms with E-state index in [2.05, 4.69) is 37.8 Å². The maximum absolute atomic E-state index is 4.64. The molecule has 0 aliphatic carbocycles. The van der Waals surface area contributed by atoms with Gasteiger partial charge in [0, 0.05) is 6.54 Å². The van der Waals surface area contributed by atoms with Gasteiger partial charge in [0.1, 0.15) is 0 Å². The van der Waals surface area contributed by atoms with Crippen LogP contribution in [0.4, 0.5) is 11.9 Å². The predicted octanol–water partition coefficient (Wildman–Crippen LogP) is 3.68. The van der Waals surface area contributed by atoms with Crippen LogP contribution in [0.3, 0.4) is 0 Å². The molecule has 5 nitrogen and oxygen atoms in total. The molecule has 4 aromatic rings. The highest BCUT2D eigenvalue weighted by atomic mass is 15.3. The van der Waals surface area contributed by atoms with Crippen molar-refractivity contribution in [3.63, 3.8) is 0 Å². The van der Waals surface area contributed by atoms with Gasteiger partial charge in [-0.05, 0) is 31.2 Å². The zero-order valence-electron chi connectivity index (χ0n) is 11.7. The number of aromatic nitrogens is 4. The third kappa shape index (κ3) is 1.94. The molecule has 0 fully saturated rings. The summed E-state index contributed by atoms with van der Waals surface area (Å²) in [6.07, 6.45) is 0. The Balaban J connectivity index is 1.79. The number of benzene rings is 2. The highest BCUT2D eigenvalue weighted by Gasteiger charge is 2.10. The second-order valence-corrected chi connectivity index (χ2v) is 4.90. The minimum atomic E-state index is 0.709. The standard InChI is InChI=1S/C16H15N5/c1-2-21-14-10-6-5-9-13(14)19-16(21)20-15-17-11-7-3-4-8-12(11)18-15/h3-10H,2H2,1H3,(H2,17,18,19,20). The summed E-state index contributed by atoms with van der Waals surface area (Å²) < 4.78 is 2.14. The van der Waals surface area contributed by atoms with E-state index in [0.717, 1.165) is 34.6 Å². The Bertz CT molecular complexity index is 886. The van der Waals surface area contributed by atoms with Crippen LogP contribution in [-0.4, -0.2) is 19.5 Å². The van der Waals surface area contributed by atoms with Gasteiger partial charge in [-0.25, -0.2) is 9.97 Å². The Morgan fingerprint density at radius 2 is 1.76 bits per heavy atom. The zero-order valence-corrected chi connectivity index (χ0v) is 11.7. The molecule has 2 heterocycles. The van der Waals surface area contributed by atoms with Gasteiger partial charge in [0.25, 0.3) is 0 Å². The monoisotopic (exact) mass is 277 g/mol. The van der Waals surface area contributed by atoms with Gasteiger partial charge < -0.3 is 9.55 Å². The summed E-state index contributed by atoms with van der Waals surface area (Å²) in [5.41, 5.74) is 4.06. The molecule has 0 bridgehead atoms. The summed E-state index contributed by atoms with van der Waals surface area (Å²) in [6.45, 7) is 2.96. The number of aromatic amines is 1. The Labute approximate surface area is 121 Å². The number of aryl methyl sites for hydroxylation is 1. The molecule has 0 spiro atoms. The van der Waals surface area contributed by atoms with E-state index in [1.807, 2.05) is 42.5 Å². The summed E-state index contributed by atoms with van der Waals surface area (Å²) in [5.74, 6) is 1.51. The molecular weight excluding hydrogens is 262 g/mol. The van der Waals surface area contributed by atoms with Crippen LogP contribution in [0.1, 0.15) is 6.92 Å².